The molecule has 6 nitrogen and oxygen atoms in total. The van der Waals surface area contributed by atoms with Crippen molar-refractivity contribution in [3.05, 3.63) is 24.0 Å². The summed E-state index contributed by atoms with van der Waals surface area (Å²) in [6, 6.07) is 4.51. The van der Waals surface area contributed by atoms with E-state index in [2.05, 4.69) is 27.5 Å². The van der Waals surface area contributed by atoms with Crippen molar-refractivity contribution >= 4 is 17.4 Å². The number of anilines is 2. The van der Waals surface area contributed by atoms with Gasteiger partial charge in [-0.3, -0.25) is 0 Å². The van der Waals surface area contributed by atoms with Gasteiger partial charge in [0.2, 0.25) is 0 Å². The van der Waals surface area contributed by atoms with Crippen molar-refractivity contribution in [2.45, 2.75) is 25.8 Å². The molecule has 0 radical (unpaired) electrons. The number of rotatable bonds is 6. The number of nitrogens with zero attached hydrogens (tertiary/aromatic N) is 2. The number of carbonyl (C=O) groups excluding carboxylic acids is 1. The number of carbonyl (C=O) groups is 1. The van der Waals surface area contributed by atoms with Crippen LogP contribution in [0.5, 0.6) is 0 Å². The molecule has 1 fully saturated rings. The van der Waals surface area contributed by atoms with E-state index < -0.39 is 0 Å². The third kappa shape index (κ3) is 6.17. The van der Waals surface area contributed by atoms with Crippen molar-refractivity contribution in [1.29, 1.82) is 0 Å². The molecule has 1 aliphatic rings. The summed E-state index contributed by atoms with van der Waals surface area (Å²) in [7, 11) is 3.71. The Morgan fingerprint density at radius 1 is 1.32 bits per heavy atom. The van der Waals surface area contributed by atoms with Crippen molar-refractivity contribution in [1.82, 2.24) is 10.2 Å². The number of likely N-dealkylation sites (N-methyl/N-ethyl adjacent to an activating group) is 1. The number of ether oxygens (including phenoxy) is 1. The molecule has 0 unspecified atom stereocenters. The summed E-state index contributed by atoms with van der Waals surface area (Å²) in [6.45, 7) is 6.07. The summed E-state index contributed by atoms with van der Waals surface area (Å²) in [5.74, 6) is -0.310. The Hall–Kier alpha value is -1.86. The topological polar surface area (TPSA) is 56.8 Å². The smallest absolute Gasteiger partial charge is 0.319 e. The molecule has 1 heterocycles. The van der Waals surface area contributed by atoms with Gasteiger partial charge in [-0.1, -0.05) is 0 Å². The zero-order valence-corrected chi connectivity index (χ0v) is 15.3. The molecule has 0 aliphatic carbocycles. The molecule has 2 N–H and O–H groups in total. The Morgan fingerprint density at radius 3 is 2.84 bits per heavy atom. The fraction of sp³-hybridized carbons (Fsp3) is 0.611. The molecule has 0 saturated carbocycles. The summed E-state index contributed by atoms with van der Waals surface area (Å²) in [5.41, 5.74) is 1.04. The lowest BCUT2D eigenvalue weighted by Gasteiger charge is -2.23. The molecule has 1 aliphatic heterocycles. The highest BCUT2D eigenvalue weighted by atomic mass is 19.1. The minimum atomic E-state index is -0.341. The molecule has 25 heavy (non-hydrogen) atoms. The van der Waals surface area contributed by atoms with E-state index in [1.54, 1.807) is 19.2 Å². The molecule has 1 aromatic carbocycles. The predicted molar refractivity (Wildman–Crippen MR) is 98.8 cm³/mol. The molecule has 7 heteroatoms. The highest BCUT2D eigenvalue weighted by Gasteiger charge is 2.16. The van der Waals surface area contributed by atoms with Crippen molar-refractivity contribution in [3.8, 4) is 0 Å². The number of halogens is 1. The summed E-state index contributed by atoms with van der Waals surface area (Å²) in [5, 5.41) is 5.49. The van der Waals surface area contributed by atoms with Crippen LogP contribution in [0.4, 0.5) is 20.6 Å². The third-order valence-corrected chi connectivity index (χ3v) is 4.40. The van der Waals surface area contributed by atoms with Crippen molar-refractivity contribution < 1.29 is 13.9 Å². The lowest BCUT2D eigenvalue weighted by Crippen LogP contribution is -2.36. The maximum absolute atomic E-state index is 14.5. The number of amides is 2. The first kappa shape index (κ1) is 19.5. The Kier molecular flexibility index (Phi) is 7.46. The van der Waals surface area contributed by atoms with Crippen LogP contribution in [0.25, 0.3) is 0 Å². The minimum absolute atomic E-state index is 0.0156. The van der Waals surface area contributed by atoms with Crippen LogP contribution in [0, 0.1) is 5.82 Å². The summed E-state index contributed by atoms with van der Waals surface area (Å²) in [4.78, 5) is 16.3. The van der Waals surface area contributed by atoms with Gasteiger partial charge in [-0.05, 0) is 51.6 Å². The molecular formula is C18H29FN4O2. The van der Waals surface area contributed by atoms with E-state index in [1.807, 2.05) is 6.92 Å². The quantitative estimate of drug-likeness (QED) is 0.826. The normalized spacial score (nSPS) is 17.0. The number of nitrogens with one attached hydrogen (secondary N) is 2. The lowest BCUT2D eigenvalue weighted by atomic mass is 10.2. The Balaban J connectivity index is 1.93. The maximum atomic E-state index is 14.5. The second-order valence-corrected chi connectivity index (χ2v) is 6.59. The molecule has 1 aromatic rings. The molecule has 0 bridgehead atoms. The van der Waals surface area contributed by atoms with E-state index >= 15 is 0 Å². The average Bonchev–Trinajstić information content (AvgIpc) is 2.77. The molecule has 2 amide bonds. The number of hydrogen-bond acceptors (Lipinski definition) is 4. The monoisotopic (exact) mass is 352 g/mol. The van der Waals surface area contributed by atoms with Crippen LogP contribution in [-0.2, 0) is 4.74 Å². The van der Waals surface area contributed by atoms with Gasteiger partial charge in [-0.2, -0.15) is 0 Å². The van der Waals surface area contributed by atoms with E-state index in [0.717, 1.165) is 39.0 Å². The molecule has 2 rings (SSSR count). The van der Waals surface area contributed by atoms with Crippen LogP contribution in [-0.4, -0.2) is 63.9 Å². The number of hydrogen-bond donors (Lipinski definition) is 2. The van der Waals surface area contributed by atoms with Gasteiger partial charge in [-0.25, -0.2) is 9.18 Å². The Morgan fingerprint density at radius 2 is 2.12 bits per heavy atom. The first-order valence-corrected chi connectivity index (χ1v) is 8.79. The first-order chi connectivity index (χ1) is 12.0. The largest absolute Gasteiger partial charge is 0.385 e. The fourth-order valence-electron chi connectivity index (χ4n) is 2.89. The second kappa shape index (κ2) is 9.58. The number of urea groups is 1. The molecule has 0 spiro atoms. The standard InChI is InChI=1S/C18H29FN4O2/c1-14(7-12-25-3)20-18(24)21-15-5-6-17(16(19)13-15)23-9-4-8-22(2)10-11-23/h5-6,13-14H,4,7-12H2,1-3H3,(H2,20,21,24)/t14-/m0/s1. The van der Waals surface area contributed by atoms with Gasteiger partial charge in [0.15, 0.2) is 0 Å². The first-order valence-electron chi connectivity index (χ1n) is 8.79. The van der Waals surface area contributed by atoms with Crippen molar-refractivity contribution in [2.75, 3.05) is 57.2 Å². The zero-order valence-electron chi connectivity index (χ0n) is 15.3. The molecule has 1 saturated heterocycles. The third-order valence-electron chi connectivity index (χ3n) is 4.40. The van der Waals surface area contributed by atoms with Crippen LogP contribution < -0.4 is 15.5 Å². The van der Waals surface area contributed by atoms with Crippen LogP contribution >= 0.6 is 0 Å². The number of methoxy groups -OCH3 is 1. The van der Waals surface area contributed by atoms with Crippen LogP contribution in [0.15, 0.2) is 18.2 Å². The van der Waals surface area contributed by atoms with Crippen molar-refractivity contribution in [2.24, 2.45) is 0 Å². The van der Waals surface area contributed by atoms with Gasteiger partial charge in [0, 0.05) is 45.1 Å². The molecular weight excluding hydrogens is 323 g/mol. The van der Waals surface area contributed by atoms with Crippen LogP contribution in [0.2, 0.25) is 0 Å². The molecule has 140 valence electrons. The van der Waals surface area contributed by atoms with Gasteiger partial charge in [0.1, 0.15) is 5.82 Å². The second-order valence-electron chi connectivity index (χ2n) is 6.59. The summed E-state index contributed by atoms with van der Waals surface area (Å²) in [6.07, 6.45) is 1.73. The van der Waals surface area contributed by atoms with E-state index in [9.17, 15) is 9.18 Å². The van der Waals surface area contributed by atoms with E-state index in [1.165, 1.54) is 6.07 Å². The lowest BCUT2D eigenvalue weighted by molar-refractivity contribution is 0.185. The van der Waals surface area contributed by atoms with Crippen molar-refractivity contribution in [3.63, 3.8) is 0 Å². The molecule has 0 aromatic heterocycles. The van der Waals surface area contributed by atoms with Gasteiger partial charge in [-0.15, -0.1) is 0 Å². The van der Waals surface area contributed by atoms with Gasteiger partial charge >= 0.3 is 6.03 Å². The SMILES string of the molecule is COCC[C@H](C)NC(=O)Nc1ccc(N2CCCN(C)CC2)c(F)c1. The van der Waals surface area contributed by atoms with Gasteiger partial charge < -0.3 is 25.2 Å². The maximum Gasteiger partial charge on any atom is 0.319 e. The average molecular weight is 352 g/mol. The van der Waals surface area contributed by atoms with E-state index in [4.69, 9.17) is 4.74 Å². The Labute approximate surface area is 149 Å². The van der Waals surface area contributed by atoms with E-state index in [-0.39, 0.29) is 17.9 Å². The van der Waals surface area contributed by atoms with Gasteiger partial charge in [0.25, 0.3) is 0 Å². The predicted octanol–water partition coefficient (Wildman–Crippen LogP) is 2.51. The fourth-order valence-corrected chi connectivity index (χ4v) is 2.89. The highest BCUT2D eigenvalue weighted by molar-refractivity contribution is 5.89. The summed E-state index contributed by atoms with van der Waals surface area (Å²) < 4.78 is 19.5. The molecule has 1 atom stereocenters. The van der Waals surface area contributed by atoms with E-state index in [0.29, 0.717) is 18.0 Å². The minimum Gasteiger partial charge on any atom is -0.385 e. The van der Waals surface area contributed by atoms with Gasteiger partial charge in [0.05, 0.1) is 5.69 Å². The van der Waals surface area contributed by atoms with Crippen LogP contribution in [0.1, 0.15) is 19.8 Å². The number of benzene rings is 1. The highest BCUT2D eigenvalue weighted by Crippen LogP contribution is 2.24. The van der Waals surface area contributed by atoms with Crippen LogP contribution in [0.3, 0.4) is 0 Å². The summed E-state index contributed by atoms with van der Waals surface area (Å²) >= 11 is 0. The Bertz CT molecular complexity index is 570. The zero-order chi connectivity index (χ0) is 18.2.